The van der Waals surface area contributed by atoms with Gasteiger partial charge in [0.1, 0.15) is 5.82 Å². The topological polar surface area (TPSA) is 32.3 Å². The Morgan fingerprint density at radius 1 is 1.19 bits per heavy atom. The molecular weight excluding hydrogens is 286 g/mol. The predicted molar refractivity (Wildman–Crippen MR) is 73.2 cm³/mol. The second-order valence-electron chi connectivity index (χ2n) is 5.09. The van der Waals surface area contributed by atoms with E-state index in [0.717, 1.165) is 25.0 Å². The van der Waals surface area contributed by atoms with E-state index in [-0.39, 0.29) is 12.5 Å². The first-order valence-corrected chi connectivity index (χ1v) is 7.04. The minimum absolute atomic E-state index is 0.153. The van der Waals surface area contributed by atoms with E-state index in [1.54, 1.807) is 0 Å². The summed E-state index contributed by atoms with van der Waals surface area (Å²) >= 11 is 0. The predicted octanol–water partition coefficient (Wildman–Crippen LogP) is 3.73. The van der Waals surface area contributed by atoms with Crippen molar-refractivity contribution in [1.29, 1.82) is 0 Å². The fraction of sp³-hybridized carbons (Fsp3) is 0.600. The number of benzene rings is 1. The van der Waals surface area contributed by atoms with Gasteiger partial charge in [0.05, 0.1) is 11.7 Å². The highest BCUT2D eigenvalue weighted by Gasteiger charge is 2.34. The molecule has 2 nitrogen and oxygen atoms in total. The fourth-order valence-electron chi connectivity index (χ4n) is 2.26. The molecule has 6 heteroatoms. The largest absolute Gasteiger partial charge is 0.419 e. The van der Waals surface area contributed by atoms with E-state index in [2.05, 4.69) is 5.32 Å². The zero-order chi connectivity index (χ0) is 16.0. The molecule has 0 fully saturated rings. The summed E-state index contributed by atoms with van der Waals surface area (Å²) in [5.74, 6) is -1.11. The Morgan fingerprint density at radius 2 is 1.81 bits per heavy atom. The number of halogens is 4. The lowest BCUT2D eigenvalue weighted by Crippen LogP contribution is -2.32. The molecule has 120 valence electrons. The van der Waals surface area contributed by atoms with Crippen LogP contribution < -0.4 is 5.32 Å². The van der Waals surface area contributed by atoms with Crippen LogP contribution in [-0.2, 0) is 12.7 Å². The third-order valence-corrected chi connectivity index (χ3v) is 3.61. The van der Waals surface area contributed by atoms with Crippen molar-refractivity contribution in [3.8, 4) is 0 Å². The lowest BCUT2D eigenvalue weighted by molar-refractivity contribution is -0.140. The smallest absolute Gasteiger partial charge is 0.392 e. The first-order chi connectivity index (χ1) is 9.79. The number of nitrogens with one attached hydrogen (secondary N) is 1. The Kier molecular flexibility index (Phi) is 6.61. The molecule has 1 aromatic carbocycles. The van der Waals surface area contributed by atoms with E-state index in [4.69, 9.17) is 0 Å². The van der Waals surface area contributed by atoms with Gasteiger partial charge in [-0.05, 0) is 23.6 Å². The molecule has 1 aromatic rings. The molecule has 0 spiro atoms. The Labute approximate surface area is 122 Å². The van der Waals surface area contributed by atoms with Gasteiger partial charge < -0.3 is 10.4 Å². The number of aliphatic hydroxyl groups is 1. The van der Waals surface area contributed by atoms with Gasteiger partial charge in [-0.3, -0.25) is 0 Å². The Hall–Kier alpha value is -1.14. The summed E-state index contributed by atoms with van der Waals surface area (Å²) < 4.78 is 50.9. The first-order valence-electron chi connectivity index (χ1n) is 7.04. The molecule has 0 amide bonds. The molecule has 2 N–H and O–H groups in total. The molecular formula is C15H21F4NO. The number of rotatable bonds is 7. The van der Waals surface area contributed by atoms with Crippen molar-refractivity contribution in [3.05, 3.63) is 35.1 Å². The molecule has 21 heavy (non-hydrogen) atoms. The molecule has 0 aliphatic carbocycles. The van der Waals surface area contributed by atoms with E-state index in [0.29, 0.717) is 12.1 Å². The maximum absolute atomic E-state index is 13.1. The van der Waals surface area contributed by atoms with E-state index in [9.17, 15) is 22.7 Å². The van der Waals surface area contributed by atoms with Crippen molar-refractivity contribution in [2.75, 3.05) is 6.54 Å². The summed E-state index contributed by atoms with van der Waals surface area (Å²) in [5.41, 5.74) is -0.928. The highest BCUT2D eigenvalue weighted by molar-refractivity contribution is 5.27. The van der Waals surface area contributed by atoms with Crippen LogP contribution in [0.15, 0.2) is 18.2 Å². The Morgan fingerprint density at radius 3 is 2.33 bits per heavy atom. The SMILES string of the molecule is CCC(CC)C(O)CNCc1ccc(F)c(C(F)(F)F)c1. The van der Waals surface area contributed by atoms with Gasteiger partial charge >= 0.3 is 6.18 Å². The second-order valence-corrected chi connectivity index (χ2v) is 5.09. The fourth-order valence-corrected chi connectivity index (χ4v) is 2.26. The van der Waals surface area contributed by atoms with Crippen LogP contribution in [-0.4, -0.2) is 17.8 Å². The van der Waals surface area contributed by atoms with Crippen molar-refractivity contribution < 1.29 is 22.7 Å². The average molecular weight is 307 g/mol. The zero-order valence-electron chi connectivity index (χ0n) is 12.2. The van der Waals surface area contributed by atoms with E-state index in [1.165, 1.54) is 6.07 Å². The lowest BCUT2D eigenvalue weighted by atomic mass is 9.96. The zero-order valence-corrected chi connectivity index (χ0v) is 12.2. The number of hydrogen-bond acceptors (Lipinski definition) is 2. The molecule has 0 bridgehead atoms. The van der Waals surface area contributed by atoms with E-state index in [1.807, 2.05) is 13.8 Å². The number of alkyl halides is 3. The Balaban J connectivity index is 2.61. The lowest BCUT2D eigenvalue weighted by Gasteiger charge is -2.20. The van der Waals surface area contributed by atoms with Crippen LogP contribution in [0, 0.1) is 11.7 Å². The van der Waals surface area contributed by atoms with Crippen LogP contribution in [0.25, 0.3) is 0 Å². The highest BCUT2D eigenvalue weighted by atomic mass is 19.4. The summed E-state index contributed by atoms with van der Waals surface area (Å²) in [6.45, 7) is 4.41. The van der Waals surface area contributed by atoms with Gasteiger partial charge in [0.15, 0.2) is 0 Å². The molecule has 0 aliphatic rings. The van der Waals surface area contributed by atoms with Crippen LogP contribution in [0.1, 0.15) is 37.8 Å². The van der Waals surface area contributed by atoms with Gasteiger partial charge in [0.2, 0.25) is 0 Å². The molecule has 0 saturated heterocycles. The van der Waals surface area contributed by atoms with Crippen molar-refractivity contribution in [2.45, 2.75) is 45.5 Å². The number of aliphatic hydroxyl groups excluding tert-OH is 1. The van der Waals surface area contributed by atoms with Crippen LogP contribution in [0.2, 0.25) is 0 Å². The summed E-state index contributed by atoms with van der Waals surface area (Å²) in [6, 6.07) is 2.92. The third kappa shape index (κ3) is 5.28. The molecule has 1 unspecified atom stereocenters. The summed E-state index contributed by atoms with van der Waals surface area (Å²) in [4.78, 5) is 0. The van der Waals surface area contributed by atoms with Gasteiger partial charge in [-0.15, -0.1) is 0 Å². The van der Waals surface area contributed by atoms with Gasteiger partial charge in [0.25, 0.3) is 0 Å². The minimum Gasteiger partial charge on any atom is -0.392 e. The summed E-state index contributed by atoms with van der Waals surface area (Å²) in [5, 5.41) is 12.8. The maximum atomic E-state index is 13.1. The van der Waals surface area contributed by atoms with Crippen molar-refractivity contribution >= 4 is 0 Å². The van der Waals surface area contributed by atoms with Gasteiger partial charge in [-0.2, -0.15) is 13.2 Å². The molecule has 0 radical (unpaired) electrons. The molecule has 1 atom stereocenters. The quantitative estimate of drug-likeness (QED) is 0.752. The standard InChI is InChI=1S/C15H21F4NO/c1-3-11(4-2)14(21)9-20-8-10-5-6-13(16)12(7-10)15(17,18)19/h5-7,11,14,20-21H,3-4,8-9H2,1-2H3. The van der Waals surface area contributed by atoms with Crippen LogP contribution in [0.5, 0.6) is 0 Å². The van der Waals surface area contributed by atoms with Gasteiger partial charge in [-0.25, -0.2) is 4.39 Å². The van der Waals surface area contributed by atoms with Crippen molar-refractivity contribution in [1.82, 2.24) is 5.32 Å². The highest BCUT2D eigenvalue weighted by Crippen LogP contribution is 2.31. The van der Waals surface area contributed by atoms with Crippen molar-refractivity contribution in [2.24, 2.45) is 5.92 Å². The van der Waals surface area contributed by atoms with E-state index < -0.39 is 23.7 Å². The molecule has 1 rings (SSSR count). The molecule has 0 saturated carbocycles. The summed E-state index contributed by atoms with van der Waals surface area (Å²) in [6.07, 6.45) is -3.56. The van der Waals surface area contributed by atoms with Crippen LogP contribution >= 0.6 is 0 Å². The monoisotopic (exact) mass is 307 g/mol. The van der Waals surface area contributed by atoms with Crippen LogP contribution in [0.4, 0.5) is 17.6 Å². The molecule has 0 heterocycles. The molecule has 0 aromatic heterocycles. The third-order valence-electron chi connectivity index (χ3n) is 3.61. The van der Waals surface area contributed by atoms with Gasteiger partial charge in [-0.1, -0.05) is 32.8 Å². The van der Waals surface area contributed by atoms with E-state index >= 15 is 0 Å². The average Bonchev–Trinajstić information content (AvgIpc) is 2.40. The number of hydrogen-bond donors (Lipinski definition) is 2. The second kappa shape index (κ2) is 7.75. The molecule has 0 aliphatic heterocycles. The summed E-state index contributed by atoms with van der Waals surface area (Å²) in [7, 11) is 0. The van der Waals surface area contributed by atoms with Crippen LogP contribution in [0.3, 0.4) is 0 Å². The normalized spacial score (nSPS) is 13.7. The Bertz CT molecular complexity index is 444. The first kappa shape index (κ1) is 17.9. The van der Waals surface area contributed by atoms with Gasteiger partial charge in [0, 0.05) is 13.1 Å². The minimum atomic E-state index is -4.70. The van der Waals surface area contributed by atoms with Crippen molar-refractivity contribution in [3.63, 3.8) is 0 Å². The maximum Gasteiger partial charge on any atom is 0.419 e.